The lowest BCUT2D eigenvalue weighted by Gasteiger charge is -2.15. The topological polar surface area (TPSA) is 125 Å². The van der Waals surface area contributed by atoms with Crippen LogP contribution in [0.4, 0.5) is 10.5 Å². The molecular weight excluding hydrogens is 551 g/mol. The number of halogens is 1. The first-order chi connectivity index (χ1) is 16.4. The molecule has 1 aliphatic carbocycles. The van der Waals surface area contributed by atoms with Crippen molar-refractivity contribution in [2.24, 2.45) is 0 Å². The average Bonchev–Trinajstić information content (AvgIpc) is 3.14. The van der Waals surface area contributed by atoms with E-state index in [-0.39, 0.29) is 18.1 Å². The van der Waals surface area contributed by atoms with E-state index in [1.165, 1.54) is 12.1 Å². The molecule has 0 aliphatic heterocycles. The van der Waals surface area contributed by atoms with Gasteiger partial charge in [0.2, 0.25) is 0 Å². The Morgan fingerprint density at radius 2 is 1.59 bits per heavy atom. The molecule has 2 amide bonds. The number of benzene rings is 3. The molecule has 174 valence electrons. The number of carbonyl (C=O) groups is 3. The number of ether oxygens (including phenoxy) is 1. The molecule has 0 spiro atoms. The maximum absolute atomic E-state index is 12.6. The van der Waals surface area contributed by atoms with Gasteiger partial charge in [0.05, 0.1) is 6.61 Å². The van der Waals surface area contributed by atoms with Crippen molar-refractivity contribution in [3.05, 3.63) is 87.0 Å². The number of aliphatic carboxylic acids is 1. The summed E-state index contributed by atoms with van der Waals surface area (Å²) >= 11 is 1.98. The summed E-state index contributed by atoms with van der Waals surface area (Å²) in [5.74, 6) is -2.11. The van der Waals surface area contributed by atoms with Crippen molar-refractivity contribution >= 4 is 46.2 Å². The van der Waals surface area contributed by atoms with Crippen LogP contribution in [0.25, 0.3) is 11.1 Å². The molecule has 0 heterocycles. The van der Waals surface area contributed by atoms with Crippen molar-refractivity contribution in [3.8, 4) is 11.1 Å². The SMILES string of the molecule is O=C(Nc1cc(I)cc(C(=O)N[C@H](CO)C(=O)O)c1)OCC1c2ccccc2-c2ccccc21. The molecule has 4 rings (SSSR count). The lowest BCUT2D eigenvalue weighted by atomic mass is 9.98. The highest BCUT2D eigenvalue weighted by atomic mass is 127. The quantitative estimate of drug-likeness (QED) is 0.319. The summed E-state index contributed by atoms with van der Waals surface area (Å²) < 4.78 is 6.18. The van der Waals surface area contributed by atoms with Crippen LogP contribution in [-0.4, -0.2) is 47.4 Å². The summed E-state index contributed by atoms with van der Waals surface area (Å²) in [5.41, 5.74) is 4.92. The van der Waals surface area contributed by atoms with Gasteiger partial charge < -0.3 is 20.3 Å². The van der Waals surface area contributed by atoms with Gasteiger partial charge in [0.15, 0.2) is 6.04 Å². The van der Waals surface area contributed by atoms with Crippen LogP contribution < -0.4 is 10.6 Å². The molecule has 0 saturated carbocycles. The van der Waals surface area contributed by atoms with Crippen LogP contribution in [0, 0.1) is 3.57 Å². The first-order valence-electron chi connectivity index (χ1n) is 10.4. The Bertz CT molecular complexity index is 1220. The Morgan fingerprint density at radius 3 is 2.18 bits per heavy atom. The predicted molar refractivity (Wildman–Crippen MR) is 134 cm³/mol. The van der Waals surface area contributed by atoms with Gasteiger partial charge in [-0.15, -0.1) is 0 Å². The summed E-state index contributed by atoms with van der Waals surface area (Å²) in [4.78, 5) is 36.0. The van der Waals surface area contributed by atoms with E-state index in [9.17, 15) is 14.4 Å². The predicted octanol–water partition coefficient (Wildman–Crippen LogP) is 3.83. The van der Waals surface area contributed by atoms with E-state index in [4.69, 9.17) is 14.9 Å². The Balaban J connectivity index is 1.44. The number of anilines is 1. The standard InChI is InChI=1S/C25H21IN2O6/c26-15-9-14(23(30)28-22(12-29)24(31)32)10-16(11-15)27-25(33)34-13-21-19-7-3-1-5-17(19)18-6-2-4-8-20(18)21/h1-11,21-22,29H,12-13H2,(H,27,33)(H,28,30)(H,31,32)/t22-/m1/s1. The van der Waals surface area contributed by atoms with Crippen molar-refractivity contribution in [3.63, 3.8) is 0 Å². The van der Waals surface area contributed by atoms with Crippen LogP contribution in [0.1, 0.15) is 27.4 Å². The molecule has 0 radical (unpaired) electrons. The zero-order valence-corrected chi connectivity index (χ0v) is 20.0. The maximum Gasteiger partial charge on any atom is 0.411 e. The summed E-state index contributed by atoms with van der Waals surface area (Å²) in [5, 5.41) is 23.0. The molecule has 8 nitrogen and oxygen atoms in total. The second kappa shape index (κ2) is 10.2. The van der Waals surface area contributed by atoms with Gasteiger partial charge in [-0.05, 0) is 63.0 Å². The molecule has 9 heteroatoms. The van der Waals surface area contributed by atoms with E-state index in [1.54, 1.807) is 6.07 Å². The first-order valence-corrected chi connectivity index (χ1v) is 11.5. The molecule has 0 saturated heterocycles. The molecule has 0 aromatic heterocycles. The maximum atomic E-state index is 12.6. The molecule has 0 fully saturated rings. The van der Waals surface area contributed by atoms with Gasteiger partial charge in [0.1, 0.15) is 6.61 Å². The highest BCUT2D eigenvalue weighted by Crippen LogP contribution is 2.44. The second-order valence-corrected chi connectivity index (χ2v) is 8.97. The van der Waals surface area contributed by atoms with Crippen LogP contribution >= 0.6 is 22.6 Å². The van der Waals surface area contributed by atoms with E-state index in [2.05, 4.69) is 22.8 Å². The number of hydrogen-bond donors (Lipinski definition) is 4. The number of rotatable bonds is 7. The van der Waals surface area contributed by atoms with Crippen molar-refractivity contribution in [2.75, 3.05) is 18.5 Å². The van der Waals surface area contributed by atoms with Crippen LogP contribution in [0.15, 0.2) is 66.7 Å². The lowest BCUT2D eigenvalue weighted by molar-refractivity contribution is -0.140. The van der Waals surface area contributed by atoms with Gasteiger partial charge in [-0.3, -0.25) is 10.1 Å². The first kappa shape index (κ1) is 23.7. The van der Waals surface area contributed by atoms with Crippen LogP contribution in [0.2, 0.25) is 0 Å². The second-order valence-electron chi connectivity index (χ2n) is 7.73. The third-order valence-electron chi connectivity index (χ3n) is 5.54. The van der Waals surface area contributed by atoms with Crippen LogP contribution in [0.3, 0.4) is 0 Å². The minimum atomic E-state index is -1.43. The number of aliphatic hydroxyl groups excluding tert-OH is 1. The van der Waals surface area contributed by atoms with Crippen molar-refractivity contribution in [2.45, 2.75) is 12.0 Å². The van der Waals surface area contributed by atoms with E-state index < -0.39 is 30.6 Å². The third kappa shape index (κ3) is 5.05. The number of nitrogens with one attached hydrogen (secondary N) is 2. The zero-order valence-electron chi connectivity index (χ0n) is 17.8. The minimum absolute atomic E-state index is 0.0816. The Hall–Kier alpha value is -3.44. The molecule has 0 bridgehead atoms. The summed E-state index contributed by atoms with van der Waals surface area (Å²) in [6.07, 6.45) is -0.672. The molecular formula is C25H21IN2O6. The van der Waals surface area contributed by atoms with E-state index in [0.29, 0.717) is 9.26 Å². The van der Waals surface area contributed by atoms with Gasteiger partial charge in [0, 0.05) is 20.7 Å². The lowest BCUT2D eigenvalue weighted by Crippen LogP contribution is -2.43. The molecule has 0 unspecified atom stereocenters. The summed E-state index contributed by atoms with van der Waals surface area (Å²) in [6.45, 7) is -0.593. The van der Waals surface area contributed by atoms with Gasteiger partial charge >= 0.3 is 12.1 Å². The third-order valence-corrected chi connectivity index (χ3v) is 6.16. The fraction of sp³-hybridized carbons (Fsp3) is 0.160. The van der Waals surface area contributed by atoms with E-state index in [1.807, 2.05) is 59.0 Å². The molecule has 3 aromatic carbocycles. The van der Waals surface area contributed by atoms with E-state index in [0.717, 1.165) is 22.3 Å². The Kier molecular flexibility index (Phi) is 7.13. The number of amides is 2. The smallest absolute Gasteiger partial charge is 0.411 e. The summed E-state index contributed by atoms with van der Waals surface area (Å²) in [6, 6.07) is 19.2. The number of carboxylic acid groups (broad SMARTS) is 1. The van der Waals surface area contributed by atoms with Crippen molar-refractivity contribution in [1.29, 1.82) is 0 Å². The fourth-order valence-corrected chi connectivity index (χ4v) is 4.64. The van der Waals surface area contributed by atoms with Gasteiger partial charge in [-0.1, -0.05) is 48.5 Å². The molecule has 3 aromatic rings. The van der Waals surface area contributed by atoms with Gasteiger partial charge in [-0.25, -0.2) is 9.59 Å². The molecule has 4 N–H and O–H groups in total. The monoisotopic (exact) mass is 572 g/mol. The number of fused-ring (bicyclic) bond motifs is 3. The van der Waals surface area contributed by atoms with Gasteiger partial charge in [0.25, 0.3) is 5.91 Å². The van der Waals surface area contributed by atoms with Crippen LogP contribution in [0.5, 0.6) is 0 Å². The average molecular weight is 572 g/mol. The van der Waals surface area contributed by atoms with Crippen LogP contribution in [-0.2, 0) is 9.53 Å². The fourth-order valence-electron chi connectivity index (χ4n) is 3.97. The molecule has 1 atom stereocenters. The highest BCUT2D eigenvalue weighted by Gasteiger charge is 2.29. The summed E-state index contributed by atoms with van der Waals surface area (Å²) in [7, 11) is 0. The zero-order chi connectivity index (χ0) is 24.2. The number of hydrogen-bond acceptors (Lipinski definition) is 5. The largest absolute Gasteiger partial charge is 0.480 e. The van der Waals surface area contributed by atoms with Gasteiger partial charge in [-0.2, -0.15) is 0 Å². The number of aliphatic hydroxyl groups is 1. The minimum Gasteiger partial charge on any atom is -0.480 e. The number of carbonyl (C=O) groups excluding carboxylic acids is 2. The normalized spacial score (nSPS) is 12.9. The molecule has 34 heavy (non-hydrogen) atoms. The van der Waals surface area contributed by atoms with Crippen molar-refractivity contribution < 1.29 is 29.3 Å². The highest BCUT2D eigenvalue weighted by molar-refractivity contribution is 14.1. The Morgan fingerprint density at radius 1 is 0.971 bits per heavy atom. The Labute approximate surface area is 209 Å². The molecule has 1 aliphatic rings. The van der Waals surface area contributed by atoms with Crippen molar-refractivity contribution in [1.82, 2.24) is 5.32 Å². The number of carboxylic acids is 1. The van der Waals surface area contributed by atoms with E-state index >= 15 is 0 Å².